The number of nitrogens with zero attached hydrogens (tertiary/aromatic N) is 2. The lowest BCUT2D eigenvalue weighted by Gasteiger charge is -2.40. The Kier molecular flexibility index (Phi) is 5.49. The molecule has 0 amide bonds. The molecule has 3 aromatic rings. The maximum atomic E-state index is 5.53. The Morgan fingerprint density at radius 2 is 1.93 bits per heavy atom. The molecule has 2 atom stereocenters. The lowest BCUT2D eigenvalue weighted by Crippen LogP contribution is -2.44. The van der Waals surface area contributed by atoms with Gasteiger partial charge in [-0.05, 0) is 44.4 Å². The quantitative estimate of drug-likeness (QED) is 0.635. The number of fused-ring (bicyclic) bond motifs is 1. The lowest BCUT2D eigenvalue weighted by molar-refractivity contribution is 0.116. The SMILES string of the molecule is COc1cccc2c(NC(C)N3CCCCC3c3ccccc3)cc(C)nc12. The van der Waals surface area contributed by atoms with E-state index in [1.54, 1.807) is 7.11 Å². The molecule has 1 N–H and O–H groups in total. The number of nitrogens with one attached hydrogen (secondary N) is 1. The molecule has 4 rings (SSSR count). The number of pyridine rings is 1. The molecule has 1 fully saturated rings. The van der Waals surface area contributed by atoms with Gasteiger partial charge in [0.1, 0.15) is 11.3 Å². The normalized spacial score (nSPS) is 18.8. The number of aryl methyl sites for hydroxylation is 1. The van der Waals surface area contributed by atoms with E-state index < -0.39 is 0 Å². The van der Waals surface area contributed by atoms with Gasteiger partial charge in [0, 0.05) is 29.4 Å². The van der Waals surface area contributed by atoms with Crippen molar-refractivity contribution < 1.29 is 4.74 Å². The number of ether oxygens (including phenoxy) is 1. The number of rotatable bonds is 5. The van der Waals surface area contributed by atoms with Gasteiger partial charge in [0.25, 0.3) is 0 Å². The third kappa shape index (κ3) is 3.69. The smallest absolute Gasteiger partial charge is 0.145 e. The van der Waals surface area contributed by atoms with Gasteiger partial charge in [0.2, 0.25) is 0 Å². The number of aromatic nitrogens is 1. The summed E-state index contributed by atoms with van der Waals surface area (Å²) in [6.45, 7) is 5.41. The average molecular weight is 376 g/mol. The maximum Gasteiger partial charge on any atom is 0.145 e. The van der Waals surface area contributed by atoms with E-state index >= 15 is 0 Å². The molecule has 2 aromatic carbocycles. The zero-order chi connectivity index (χ0) is 19.5. The van der Waals surface area contributed by atoms with E-state index in [2.05, 4.69) is 59.6 Å². The van der Waals surface area contributed by atoms with Crippen LogP contribution >= 0.6 is 0 Å². The highest BCUT2D eigenvalue weighted by molar-refractivity contribution is 5.95. The van der Waals surface area contributed by atoms with Crippen molar-refractivity contribution in [2.45, 2.75) is 45.3 Å². The zero-order valence-corrected chi connectivity index (χ0v) is 17.0. The van der Waals surface area contributed by atoms with Crippen LogP contribution in [0.25, 0.3) is 10.9 Å². The number of hydrogen-bond acceptors (Lipinski definition) is 4. The van der Waals surface area contributed by atoms with Gasteiger partial charge in [-0.15, -0.1) is 0 Å². The highest BCUT2D eigenvalue weighted by Crippen LogP contribution is 2.34. The Hall–Kier alpha value is -2.59. The van der Waals surface area contributed by atoms with E-state index in [4.69, 9.17) is 9.72 Å². The minimum Gasteiger partial charge on any atom is -0.494 e. The van der Waals surface area contributed by atoms with Crippen molar-refractivity contribution >= 4 is 16.6 Å². The van der Waals surface area contributed by atoms with Crippen LogP contribution in [0.5, 0.6) is 5.75 Å². The first-order valence-corrected chi connectivity index (χ1v) is 10.2. The number of hydrogen-bond donors (Lipinski definition) is 1. The molecule has 2 heterocycles. The van der Waals surface area contributed by atoms with Crippen molar-refractivity contribution in [3.8, 4) is 5.75 Å². The Morgan fingerprint density at radius 1 is 1.11 bits per heavy atom. The highest BCUT2D eigenvalue weighted by Gasteiger charge is 2.28. The molecular formula is C24H29N3O. The summed E-state index contributed by atoms with van der Waals surface area (Å²) in [5, 5.41) is 4.88. The molecule has 1 aliphatic rings. The summed E-state index contributed by atoms with van der Waals surface area (Å²) >= 11 is 0. The maximum absolute atomic E-state index is 5.53. The van der Waals surface area contributed by atoms with E-state index in [-0.39, 0.29) is 6.17 Å². The first-order valence-electron chi connectivity index (χ1n) is 10.2. The number of anilines is 1. The van der Waals surface area contributed by atoms with Gasteiger partial charge >= 0.3 is 0 Å². The van der Waals surface area contributed by atoms with E-state index in [1.807, 2.05) is 19.1 Å². The predicted octanol–water partition coefficient (Wildman–Crippen LogP) is 5.54. The van der Waals surface area contributed by atoms with Gasteiger partial charge in [0.05, 0.1) is 13.3 Å². The summed E-state index contributed by atoms with van der Waals surface area (Å²) in [5.41, 5.74) is 4.43. The molecule has 1 saturated heterocycles. The molecule has 4 heteroatoms. The van der Waals surface area contributed by atoms with Crippen molar-refractivity contribution in [2.75, 3.05) is 19.0 Å². The first kappa shape index (κ1) is 18.8. The second kappa shape index (κ2) is 8.19. The van der Waals surface area contributed by atoms with Crippen LogP contribution in [0.15, 0.2) is 54.6 Å². The average Bonchev–Trinajstić information content (AvgIpc) is 2.74. The third-order valence-corrected chi connectivity index (χ3v) is 5.74. The lowest BCUT2D eigenvalue weighted by atomic mass is 9.95. The van der Waals surface area contributed by atoms with E-state index in [0.29, 0.717) is 6.04 Å². The molecule has 1 aliphatic heterocycles. The van der Waals surface area contributed by atoms with Crippen LogP contribution in [0.2, 0.25) is 0 Å². The summed E-state index contributed by atoms with van der Waals surface area (Å²) in [5.74, 6) is 0.817. The summed E-state index contributed by atoms with van der Waals surface area (Å²) in [7, 11) is 1.70. The van der Waals surface area contributed by atoms with Gasteiger partial charge in [-0.3, -0.25) is 4.90 Å². The topological polar surface area (TPSA) is 37.4 Å². The summed E-state index contributed by atoms with van der Waals surface area (Å²) < 4.78 is 5.53. The second-order valence-electron chi connectivity index (χ2n) is 7.65. The van der Waals surface area contributed by atoms with Crippen LogP contribution in [0.3, 0.4) is 0 Å². The van der Waals surface area contributed by atoms with Crippen molar-refractivity contribution in [2.24, 2.45) is 0 Å². The molecule has 28 heavy (non-hydrogen) atoms. The monoisotopic (exact) mass is 375 g/mol. The minimum atomic E-state index is 0.224. The molecule has 0 saturated carbocycles. The number of likely N-dealkylation sites (tertiary alicyclic amines) is 1. The molecule has 0 aliphatic carbocycles. The molecule has 146 valence electrons. The fourth-order valence-corrected chi connectivity index (χ4v) is 4.39. The highest BCUT2D eigenvalue weighted by atomic mass is 16.5. The Balaban J connectivity index is 1.65. The Bertz CT molecular complexity index is 941. The summed E-state index contributed by atoms with van der Waals surface area (Å²) in [4.78, 5) is 7.31. The van der Waals surface area contributed by atoms with Crippen molar-refractivity contribution in [3.05, 3.63) is 65.9 Å². The van der Waals surface area contributed by atoms with Gasteiger partial charge in [-0.25, -0.2) is 4.98 Å². The summed E-state index contributed by atoms with van der Waals surface area (Å²) in [6, 6.07) is 19.6. The van der Waals surface area contributed by atoms with Crippen LogP contribution in [-0.2, 0) is 0 Å². The van der Waals surface area contributed by atoms with Gasteiger partial charge < -0.3 is 10.1 Å². The zero-order valence-electron chi connectivity index (χ0n) is 17.0. The van der Waals surface area contributed by atoms with Crippen molar-refractivity contribution in [3.63, 3.8) is 0 Å². The van der Waals surface area contributed by atoms with Crippen molar-refractivity contribution in [1.29, 1.82) is 0 Å². The van der Waals surface area contributed by atoms with Gasteiger partial charge in [0.15, 0.2) is 0 Å². The molecule has 0 radical (unpaired) electrons. The van der Waals surface area contributed by atoms with E-state index in [9.17, 15) is 0 Å². The second-order valence-corrected chi connectivity index (χ2v) is 7.65. The largest absolute Gasteiger partial charge is 0.494 e. The predicted molar refractivity (Wildman–Crippen MR) is 116 cm³/mol. The van der Waals surface area contributed by atoms with Crippen molar-refractivity contribution in [1.82, 2.24) is 9.88 Å². The number of benzene rings is 2. The van der Waals surface area contributed by atoms with Crippen LogP contribution in [-0.4, -0.2) is 29.7 Å². The molecule has 4 nitrogen and oxygen atoms in total. The molecule has 1 aromatic heterocycles. The van der Waals surface area contributed by atoms with Crippen LogP contribution < -0.4 is 10.1 Å². The molecule has 2 unspecified atom stereocenters. The fourth-order valence-electron chi connectivity index (χ4n) is 4.39. The number of para-hydroxylation sites is 1. The van der Waals surface area contributed by atoms with Gasteiger partial charge in [-0.1, -0.05) is 48.9 Å². The van der Waals surface area contributed by atoms with Crippen LogP contribution in [0, 0.1) is 6.92 Å². The van der Waals surface area contributed by atoms with E-state index in [1.165, 1.54) is 24.8 Å². The molecular weight excluding hydrogens is 346 g/mol. The Morgan fingerprint density at radius 3 is 2.71 bits per heavy atom. The minimum absolute atomic E-state index is 0.224. The number of methoxy groups -OCH3 is 1. The number of piperidine rings is 1. The standard InChI is InChI=1S/C24H29N3O/c1-17-16-21(20-12-9-14-23(28-3)24(20)25-17)26-18(2)27-15-8-7-13-22(27)19-10-5-4-6-11-19/h4-6,9-12,14,16,18,22H,7-8,13,15H2,1-3H3,(H,25,26). The van der Waals surface area contributed by atoms with Crippen LogP contribution in [0.1, 0.15) is 43.5 Å². The van der Waals surface area contributed by atoms with E-state index in [0.717, 1.165) is 34.6 Å². The third-order valence-electron chi connectivity index (χ3n) is 5.74. The summed E-state index contributed by atoms with van der Waals surface area (Å²) in [6.07, 6.45) is 3.97. The van der Waals surface area contributed by atoms with Crippen LogP contribution in [0.4, 0.5) is 5.69 Å². The Labute approximate surface area is 167 Å². The van der Waals surface area contributed by atoms with Gasteiger partial charge in [-0.2, -0.15) is 0 Å². The molecule has 0 bridgehead atoms. The molecule has 0 spiro atoms. The first-order chi connectivity index (χ1) is 13.7. The fraction of sp³-hybridized carbons (Fsp3) is 0.375.